The van der Waals surface area contributed by atoms with Gasteiger partial charge in [-0.05, 0) is 31.2 Å². The molecule has 1 unspecified atom stereocenters. The summed E-state index contributed by atoms with van der Waals surface area (Å²) in [5.74, 6) is 0.429. The molecule has 0 aliphatic carbocycles. The number of halogens is 1. The summed E-state index contributed by atoms with van der Waals surface area (Å²) < 4.78 is 6.76. The summed E-state index contributed by atoms with van der Waals surface area (Å²) in [6.07, 6.45) is 1.71. The number of carbonyl (C=O) groups excluding carboxylic acids is 3. The molecule has 0 bridgehead atoms. The molecule has 2 N–H and O–H groups in total. The Morgan fingerprint density at radius 1 is 1.18 bits per heavy atom. The Balaban J connectivity index is 1.31. The second-order valence-corrected chi connectivity index (χ2v) is 8.30. The highest BCUT2D eigenvalue weighted by Gasteiger charge is 2.36. The van der Waals surface area contributed by atoms with Gasteiger partial charge in [0.05, 0.1) is 25.0 Å². The lowest BCUT2D eigenvalue weighted by Gasteiger charge is -2.39. The fraction of sp³-hybridized carbons (Fsp3) is 0.429. The van der Waals surface area contributed by atoms with Gasteiger partial charge in [0, 0.05) is 44.0 Å². The molecule has 11 nitrogen and oxygen atoms in total. The van der Waals surface area contributed by atoms with E-state index in [4.69, 9.17) is 16.3 Å². The number of nitrogens with one attached hydrogen (secondary N) is 2. The molecule has 3 heterocycles. The summed E-state index contributed by atoms with van der Waals surface area (Å²) in [5, 5.41) is 9.56. The standard InChI is InChI=1S/C21H26ClN7O4/c1-14-23-11-17-12-28(21(32)29(14)17)27-9-7-26(8-10-27)19(30)18(13-33-2)25-20(31)24-16-5-3-15(22)4-6-16/h3-6,11,18H,7-10,12-13H2,1-2H3,(H2,24,25,31). The maximum absolute atomic E-state index is 13.1. The van der Waals surface area contributed by atoms with Gasteiger partial charge in [0.1, 0.15) is 11.9 Å². The van der Waals surface area contributed by atoms with Crippen LogP contribution < -0.4 is 10.6 Å². The highest BCUT2D eigenvalue weighted by Crippen LogP contribution is 2.21. The minimum Gasteiger partial charge on any atom is -0.382 e. The first kappa shape index (κ1) is 23.0. The highest BCUT2D eigenvalue weighted by atomic mass is 35.5. The number of fused-ring (bicyclic) bond motifs is 1. The van der Waals surface area contributed by atoms with Crippen LogP contribution in [0.1, 0.15) is 11.5 Å². The number of rotatable bonds is 6. The molecule has 2 aliphatic heterocycles. The van der Waals surface area contributed by atoms with E-state index >= 15 is 0 Å². The number of imidazole rings is 1. The second-order valence-electron chi connectivity index (χ2n) is 7.86. The highest BCUT2D eigenvalue weighted by molar-refractivity contribution is 6.30. The first-order chi connectivity index (χ1) is 15.9. The number of methoxy groups -OCH3 is 1. The van der Waals surface area contributed by atoms with E-state index in [9.17, 15) is 14.4 Å². The van der Waals surface area contributed by atoms with Gasteiger partial charge in [-0.15, -0.1) is 0 Å². The molecule has 1 saturated heterocycles. The lowest BCUT2D eigenvalue weighted by molar-refractivity contribution is -0.138. The molecule has 1 fully saturated rings. The number of piperazine rings is 1. The van der Waals surface area contributed by atoms with Crippen molar-refractivity contribution < 1.29 is 19.1 Å². The van der Waals surface area contributed by atoms with E-state index in [-0.39, 0.29) is 18.5 Å². The summed E-state index contributed by atoms with van der Waals surface area (Å²) in [4.78, 5) is 44.1. The van der Waals surface area contributed by atoms with Gasteiger partial charge in [-0.25, -0.2) is 24.1 Å². The van der Waals surface area contributed by atoms with Crippen LogP contribution in [-0.2, 0) is 16.1 Å². The van der Waals surface area contributed by atoms with Gasteiger partial charge in [0.2, 0.25) is 5.91 Å². The van der Waals surface area contributed by atoms with Gasteiger partial charge in [0.25, 0.3) is 0 Å². The number of hydrogen-bond acceptors (Lipinski definition) is 6. The average Bonchev–Trinajstić information content (AvgIpc) is 3.34. The lowest BCUT2D eigenvalue weighted by Crippen LogP contribution is -2.59. The van der Waals surface area contributed by atoms with Crippen LogP contribution in [-0.4, -0.2) is 88.4 Å². The fourth-order valence-corrected chi connectivity index (χ4v) is 4.13. The predicted octanol–water partition coefficient (Wildman–Crippen LogP) is 1.52. The van der Waals surface area contributed by atoms with Crippen molar-refractivity contribution in [2.24, 2.45) is 0 Å². The van der Waals surface area contributed by atoms with Crippen LogP contribution in [0.25, 0.3) is 0 Å². The van der Waals surface area contributed by atoms with Crippen LogP contribution in [0.4, 0.5) is 15.3 Å². The Labute approximate surface area is 196 Å². The van der Waals surface area contributed by atoms with E-state index in [1.807, 2.05) is 5.01 Å². The average molecular weight is 476 g/mol. The number of amides is 4. The number of ether oxygens (including phenoxy) is 1. The van der Waals surface area contributed by atoms with Crippen molar-refractivity contribution in [3.05, 3.63) is 47.0 Å². The van der Waals surface area contributed by atoms with Gasteiger partial charge in [-0.2, -0.15) is 0 Å². The van der Waals surface area contributed by atoms with Crippen molar-refractivity contribution in [2.75, 3.05) is 45.2 Å². The van der Waals surface area contributed by atoms with Crippen LogP contribution in [0.3, 0.4) is 0 Å². The summed E-state index contributed by atoms with van der Waals surface area (Å²) >= 11 is 5.86. The summed E-state index contributed by atoms with van der Waals surface area (Å²) in [6, 6.07) is 5.18. The number of benzene rings is 1. The number of nitrogens with zero attached hydrogens (tertiary/aromatic N) is 5. The third-order valence-electron chi connectivity index (χ3n) is 5.68. The molecule has 1 aromatic heterocycles. The zero-order chi connectivity index (χ0) is 23.5. The third kappa shape index (κ3) is 4.95. The fourth-order valence-electron chi connectivity index (χ4n) is 4.00. The smallest absolute Gasteiger partial charge is 0.344 e. The third-order valence-corrected chi connectivity index (χ3v) is 5.94. The molecule has 1 aromatic carbocycles. The van der Waals surface area contributed by atoms with Gasteiger partial charge in [0.15, 0.2) is 0 Å². The summed E-state index contributed by atoms with van der Waals surface area (Å²) in [6.45, 7) is 4.17. The van der Waals surface area contributed by atoms with Crippen LogP contribution in [0, 0.1) is 6.92 Å². The first-order valence-electron chi connectivity index (χ1n) is 10.6. The van der Waals surface area contributed by atoms with Crippen LogP contribution in [0.2, 0.25) is 5.02 Å². The van der Waals surface area contributed by atoms with Crippen molar-refractivity contribution in [3.63, 3.8) is 0 Å². The monoisotopic (exact) mass is 475 g/mol. The van der Waals surface area contributed by atoms with Crippen LogP contribution >= 0.6 is 11.6 Å². The maximum Gasteiger partial charge on any atom is 0.344 e. The Hall–Kier alpha value is -3.15. The van der Waals surface area contributed by atoms with E-state index in [1.54, 1.807) is 51.9 Å². The SMILES string of the molecule is COCC(NC(=O)Nc1ccc(Cl)cc1)C(=O)N1CCN(N2Cc3cnc(C)n3C2=O)CC1. The zero-order valence-electron chi connectivity index (χ0n) is 18.5. The summed E-state index contributed by atoms with van der Waals surface area (Å²) in [5.41, 5.74) is 1.41. The number of hydrogen-bond donors (Lipinski definition) is 2. The van der Waals surface area contributed by atoms with Crippen LogP contribution in [0.15, 0.2) is 30.5 Å². The van der Waals surface area contributed by atoms with Crippen molar-refractivity contribution in [1.29, 1.82) is 0 Å². The molecule has 4 amide bonds. The molecule has 176 valence electrons. The van der Waals surface area contributed by atoms with Gasteiger partial charge in [-0.1, -0.05) is 11.6 Å². The number of aryl methyl sites for hydroxylation is 1. The molecule has 0 saturated carbocycles. The Bertz CT molecular complexity index is 1030. The van der Waals surface area contributed by atoms with E-state index < -0.39 is 12.1 Å². The van der Waals surface area contributed by atoms with Gasteiger partial charge < -0.3 is 20.3 Å². The number of urea groups is 1. The van der Waals surface area contributed by atoms with Gasteiger partial charge in [-0.3, -0.25) is 9.80 Å². The molecule has 12 heteroatoms. The number of carbonyl (C=O) groups is 3. The van der Waals surface area contributed by atoms with Crippen molar-refractivity contribution in [1.82, 2.24) is 29.8 Å². The molecule has 2 aliphatic rings. The van der Waals surface area contributed by atoms with Crippen molar-refractivity contribution in [3.8, 4) is 0 Å². The van der Waals surface area contributed by atoms with E-state index in [0.717, 1.165) is 5.69 Å². The minimum absolute atomic E-state index is 0.0411. The second kappa shape index (κ2) is 9.77. The predicted molar refractivity (Wildman–Crippen MR) is 121 cm³/mol. The Kier molecular flexibility index (Phi) is 6.82. The van der Waals surface area contributed by atoms with Gasteiger partial charge >= 0.3 is 12.1 Å². The van der Waals surface area contributed by atoms with E-state index in [1.165, 1.54) is 7.11 Å². The van der Waals surface area contributed by atoms with E-state index in [0.29, 0.717) is 49.3 Å². The number of hydrazine groups is 1. The van der Waals surface area contributed by atoms with Crippen molar-refractivity contribution >= 4 is 35.3 Å². The molecule has 4 rings (SSSR count). The molecule has 2 aromatic rings. The van der Waals surface area contributed by atoms with Crippen molar-refractivity contribution in [2.45, 2.75) is 19.5 Å². The molecule has 1 atom stereocenters. The number of aromatic nitrogens is 2. The quantitative estimate of drug-likeness (QED) is 0.655. The Morgan fingerprint density at radius 3 is 2.52 bits per heavy atom. The van der Waals surface area contributed by atoms with E-state index in [2.05, 4.69) is 15.6 Å². The topological polar surface area (TPSA) is 112 Å². The maximum atomic E-state index is 13.1. The molecule has 33 heavy (non-hydrogen) atoms. The molecular weight excluding hydrogens is 450 g/mol. The minimum atomic E-state index is -0.836. The Morgan fingerprint density at radius 2 is 1.88 bits per heavy atom. The zero-order valence-corrected chi connectivity index (χ0v) is 19.2. The largest absolute Gasteiger partial charge is 0.382 e. The number of anilines is 1. The molecular formula is C21H26ClN7O4. The summed E-state index contributed by atoms with van der Waals surface area (Å²) in [7, 11) is 1.47. The normalized spacial score (nSPS) is 17.1. The van der Waals surface area contributed by atoms with Crippen LogP contribution in [0.5, 0.6) is 0 Å². The first-order valence-corrected chi connectivity index (χ1v) is 11.0. The molecule has 0 radical (unpaired) electrons. The molecule has 0 spiro atoms. The lowest BCUT2D eigenvalue weighted by atomic mass is 10.2.